The van der Waals surface area contributed by atoms with Crippen LogP contribution in [-0.4, -0.2) is 31.7 Å². The first-order valence-corrected chi connectivity index (χ1v) is 14.0. The zero-order chi connectivity index (χ0) is 25.4. The maximum Gasteiger partial charge on any atom is 0.243 e. The highest BCUT2D eigenvalue weighted by Gasteiger charge is 2.35. The normalized spacial score (nSPS) is 20.1. The number of nitrogens with zero attached hydrogens (tertiary/aromatic N) is 3. The molecule has 0 bridgehead atoms. The number of nitrogens with one attached hydrogen (secondary N) is 1. The average molecular weight is 562 g/mol. The second kappa shape index (κ2) is 10.1. The first-order chi connectivity index (χ1) is 17.2. The molecule has 2 unspecified atom stereocenters. The maximum absolute atomic E-state index is 13.3. The van der Waals surface area contributed by atoms with Crippen LogP contribution in [0.25, 0.3) is 10.9 Å². The Morgan fingerprint density at radius 2 is 1.97 bits per heavy atom. The van der Waals surface area contributed by atoms with Gasteiger partial charge in [-0.25, -0.2) is 13.1 Å². The number of para-hydroxylation sites is 1. The highest BCUT2D eigenvalue weighted by Crippen LogP contribution is 2.38. The molecule has 1 aromatic heterocycles. The van der Waals surface area contributed by atoms with Crippen LogP contribution in [0, 0.1) is 12.8 Å². The van der Waals surface area contributed by atoms with Gasteiger partial charge < -0.3 is 0 Å². The second-order valence-electron chi connectivity index (χ2n) is 8.89. The summed E-state index contributed by atoms with van der Waals surface area (Å²) in [6.45, 7) is 1.99. The number of aromatic nitrogens is 1. The molecule has 0 spiro atoms. The van der Waals surface area contributed by atoms with E-state index in [4.69, 9.17) is 39.9 Å². The van der Waals surface area contributed by atoms with Gasteiger partial charge in [0.15, 0.2) is 0 Å². The van der Waals surface area contributed by atoms with Crippen molar-refractivity contribution in [2.45, 2.75) is 30.7 Å². The fourth-order valence-electron chi connectivity index (χ4n) is 4.55. The van der Waals surface area contributed by atoms with Gasteiger partial charge in [-0.1, -0.05) is 59.1 Å². The summed E-state index contributed by atoms with van der Waals surface area (Å²) >= 11 is 18.8. The first-order valence-electron chi connectivity index (χ1n) is 11.4. The summed E-state index contributed by atoms with van der Waals surface area (Å²) in [6, 6.07) is 12.3. The number of rotatable bonds is 6. The Kier molecular flexibility index (Phi) is 7.12. The Labute approximate surface area is 225 Å². The fraction of sp³-hybridized carbons (Fsp3) is 0.231. The smallest absolute Gasteiger partial charge is 0.243 e. The number of hydrogen-bond acceptors (Lipinski definition) is 5. The van der Waals surface area contributed by atoms with Crippen LogP contribution < -0.4 is 9.73 Å². The van der Waals surface area contributed by atoms with Gasteiger partial charge in [-0.2, -0.15) is 5.10 Å². The minimum atomic E-state index is -3.83. The van der Waals surface area contributed by atoms with Gasteiger partial charge in [0, 0.05) is 34.0 Å². The fourth-order valence-corrected chi connectivity index (χ4v) is 6.40. The number of fused-ring (bicyclic) bond motifs is 1. The van der Waals surface area contributed by atoms with Crippen LogP contribution >= 0.6 is 34.8 Å². The number of hydrazone groups is 1. The molecule has 10 heteroatoms. The molecule has 186 valence electrons. The maximum atomic E-state index is 13.3. The van der Waals surface area contributed by atoms with Gasteiger partial charge in [-0.15, -0.1) is 0 Å². The van der Waals surface area contributed by atoms with E-state index in [0.29, 0.717) is 38.4 Å². The van der Waals surface area contributed by atoms with Crippen LogP contribution in [0.5, 0.6) is 0 Å². The van der Waals surface area contributed by atoms with E-state index in [0.717, 1.165) is 17.4 Å². The van der Waals surface area contributed by atoms with Crippen LogP contribution in [0.2, 0.25) is 10.0 Å². The van der Waals surface area contributed by atoms with E-state index in [9.17, 15) is 8.42 Å². The lowest BCUT2D eigenvalue weighted by Crippen LogP contribution is -2.34. The molecule has 1 aliphatic carbocycles. The number of hydrogen-bond donors (Lipinski definition) is 1. The zero-order valence-electron chi connectivity index (χ0n) is 19.3. The van der Waals surface area contributed by atoms with E-state index >= 15 is 0 Å². The molecule has 36 heavy (non-hydrogen) atoms. The number of allylic oxidation sites excluding steroid dienone is 3. The quantitative estimate of drug-likeness (QED) is 0.375. The van der Waals surface area contributed by atoms with Gasteiger partial charge >= 0.3 is 0 Å². The molecule has 0 saturated heterocycles. The van der Waals surface area contributed by atoms with Gasteiger partial charge in [0.25, 0.3) is 0 Å². The Bertz CT molecular complexity index is 1540. The lowest BCUT2D eigenvalue weighted by atomic mass is 9.89. The van der Waals surface area contributed by atoms with Crippen LogP contribution in [0.15, 0.2) is 81.9 Å². The number of sulfonamides is 1. The molecule has 0 radical (unpaired) electrons. The van der Waals surface area contributed by atoms with E-state index in [1.54, 1.807) is 30.5 Å². The molecule has 2 atom stereocenters. The SMILES string of the molecule is Cc1cnc2c(S(=O)(=O)NCC3=NN(c4ccc(Cl)cc4Cl)C(C4C=CC(Cl)=CC4)C3)cccc2c1. The molecule has 6 nitrogen and oxygen atoms in total. The molecule has 2 aliphatic rings. The Hall–Kier alpha value is -2.42. The molecule has 0 saturated carbocycles. The molecule has 3 aromatic rings. The predicted molar refractivity (Wildman–Crippen MR) is 148 cm³/mol. The monoisotopic (exact) mass is 560 g/mol. The molecule has 1 N–H and O–H groups in total. The third-order valence-electron chi connectivity index (χ3n) is 6.31. The van der Waals surface area contributed by atoms with Gasteiger partial charge in [0.2, 0.25) is 10.0 Å². The molecular weight excluding hydrogens is 539 g/mol. The summed E-state index contributed by atoms with van der Waals surface area (Å²) in [7, 11) is -3.83. The first kappa shape index (κ1) is 25.2. The minimum Gasteiger partial charge on any atom is -0.260 e. The molecule has 2 heterocycles. The molecule has 5 rings (SSSR count). The van der Waals surface area contributed by atoms with Crippen molar-refractivity contribution in [3.05, 3.63) is 87.5 Å². The van der Waals surface area contributed by atoms with E-state index in [1.807, 2.05) is 42.3 Å². The van der Waals surface area contributed by atoms with Crippen molar-refractivity contribution in [1.82, 2.24) is 9.71 Å². The third-order valence-corrected chi connectivity index (χ3v) is 8.56. The zero-order valence-corrected chi connectivity index (χ0v) is 22.4. The van der Waals surface area contributed by atoms with Crippen LogP contribution in [0.3, 0.4) is 0 Å². The summed E-state index contributed by atoms with van der Waals surface area (Å²) in [6.07, 6.45) is 8.90. The predicted octanol–water partition coefficient (Wildman–Crippen LogP) is 6.46. The number of anilines is 1. The number of halogens is 3. The minimum absolute atomic E-state index is 0.0531. The van der Waals surface area contributed by atoms with Crippen molar-refractivity contribution in [3.63, 3.8) is 0 Å². The molecule has 0 amide bonds. The highest BCUT2D eigenvalue weighted by atomic mass is 35.5. The van der Waals surface area contributed by atoms with Gasteiger partial charge in [0.05, 0.1) is 34.5 Å². The topological polar surface area (TPSA) is 74.7 Å². The van der Waals surface area contributed by atoms with E-state index in [-0.39, 0.29) is 23.4 Å². The molecule has 0 fully saturated rings. The number of aryl methyl sites for hydroxylation is 1. The summed E-state index contributed by atoms with van der Waals surface area (Å²) in [4.78, 5) is 4.51. The van der Waals surface area contributed by atoms with Crippen LogP contribution in [0.1, 0.15) is 18.4 Å². The average Bonchev–Trinajstić information content (AvgIpc) is 3.27. The lowest BCUT2D eigenvalue weighted by molar-refractivity contribution is 0.499. The standard InChI is InChI=1S/C26H23Cl3N4O2S/c1-16-11-18-3-2-4-25(26(18)30-14-16)36(34,35)31-15-21-13-24(17-5-7-19(27)8-6-17)33(32-21)23-10-9-20(28)12-22(23)29/h2-5,7-12,14,17,24,31H,6,13,15H2,1H3. The Morgan fingerprint density at radius 1 is 1.14 bits per heavy atom. The summed E-state index contributed by atoms with van der Waals surface area (Å²) in [5, 5.41) is 9.14. The Morgan fingerprint density at radius 3 is 2.72 bits per heavy atom. The lowest BCUT2D eigenvalue weighted by Gasteiger charge is -2.30. The summed E-state index contributed by atoms with van der Waals surface area (Å²) in [5.74, 6) is 0.127. The van der Waals surface area contributed by atoms with Crippen molar-refractivity contribution in [3.8, 4) is 0 Å². The van der Waals surface area contributed by atoms with E-state index in [1.165, 1.54) is 0 Å². The van der Waals surface area contributed by atoms with E-state index in [2.05, 4.69) is 15.8 Å². The second-order valence-corrected chi connectivity index (χ2v) is 11.9. The number of benzene rings is 2. The number of pyridine rings is 1. The van der Waals surface area contributed by atoms with Gasteiger partial charge in [0.1, 0.15) is 4.90 Å². The van der Waals surface area contributed by atoms with Crippen molar-refractivity contribution < 1.29 is 8.42 Å². The third kappa shape index (κ3) is 5.17. The van der Waals surface area contributed by atoms with Crippen LogP contribution in [-0.2, 0) is 10.0 Å². The largest absolute Gasteiger partial charge is 0.260 e. The summed E-state index contributed by atoms with van der Waals surface area (Å²) in [5.41, 5.74) is 2.82. The van der Waals surface area contributed by atoms with E-state index < -0.39 is 10.0 Å². The summed E-state index contributed by atoms with van der Waals surface area (Å²) < 4.78 is 29.2. The molecule has 1 aliphatic heterocycles. The Balaban J connectivity index is 1.41. The van der Waals surface area contributed by atoms with Gasteiger partial charge in [-0.3, -0.25) is 9.99 Å². The highest BCUT2D eigenvalue weighted by molar-refractivity contribution is 7.89. The molecule has 2 aromatic carbocycles. The van der Waals surface area contributed by atoms with Crippen molar-refractivity contribution >= 4 is 67.1 Å². The van der Waals surface area contributed by atoms with Gasteiger partial charge in [-0.05, 0) is 55.3 Å². The van der Waals surface area contributed by atoms with Crippen molar-refractivity contribution in [1.29, 1.82) is 0 Å². The van der Waals surface area contributed by atoms with Crippen molar-refractivity contribution in [2.75, 3.05) is 11.6 Å². The van der Waals surface area contributed by atoms with Crippen LogP contribution in [0.4, 0.5) is 5.69 Å². The van der Waals surface area contributed by atoms with Crippen molar-refractivity contribution in [2.24, 2.45) is 11.0 Å². The molecular formula is C26H23Cl3N4O2S.